The largest absolute Gasteiger partial charge is 0.308 e. The van der Waals surface area contributed by atoms with Gasteiger partial charge in [-0.15, -0.1) is 11.3 Å². The number of thiophene rings is 1. The molecule has 3 nitrogen and oxygen atoms in total. The number of fused-ring (bicyclic) bond motifs is 1. The second-order valence-electron chi connectivity index (χ2n) is 2.62. The van der Waals surface area contributed by atoms with Gasteiger partial charge in [0.25, 0.3) is 0 Å². The molecule has 6 heteroatoms. The molecule has 0 radical (unpaired) electrons. The average molecular weight is 215 g/mol. The van der Waals surface area contributed by atoms with E-state index in [1.807, 2.05) is 0 Å². The van der Waals surface area contributed by atoms with Crippen molar-refractivity contribution < 1.29 is 13.7 Å². The third kappa shape index (κ3) is 1.15. The zero-order valence-electron chi connectivity index (χ0n) is 6.66. The molecule has 0 N–H and O–H groups in total. The zero-order valence-corrected chi connectivity index (χ0v) is 7.48. The number of halogens is 2. The van der Waals surface area contributed by atoms with Crippen molar-refractivity contribution in [2.24, 2.45) is 0 Å². The molecular weight excluding hydrogens is 212 g/mol. The standard InChI is InChI=1S/C8H3F2NO2S/c9-6-5(11(12)13)3-4-1-2-14-8(4)7(6)10/h1-3H. The summed E-state index contributed by atoms with van der Waals surface area (Å²) in [6.45, 7) is 0. The van der Waals surface area contributed by atoms with Crippen LogP contribution in [-0.4, -0.2) is 4.92 Å². The second-order valence-corrected chi connectivity index (χ2v) is 3.54. The van der Waals surface area contributed by atoms with Crippen molar-refractivity contribution in [3.8, 4) is 0 Å². The first kappa shape index (κ1) is 9.01. The lowest BCUT2D eigenvalue weighted by atomic mass is 10.2. The molecule has 1 heterocycles. The van der Waals surface area contributed by atoms with Crippen LogP contribution in [0, 0.1) is 21.7 Å². The van der Waals surface area contributed by atoms with Crippen LogP contribution in [0.3, 0.4) is 0 Å². The van der Waals surface area contributed by atoms with Crippen LogP contribution in [0.25, 0.3) is 10.1 Å². The van der Waals surface area contributed by atoms with Gasteiger partial charge in [-0.25, -0.2) is 4.39 Å². The molecule has 2 rings (SSSR count). The SMILES string of the molecule is O=[N+]([O-])c1cc2ccsc2c(F)c1F. The number of nitro benzene ring substituents is 1. The van der Waals surface area contributed by atoms with Gasteiger partial charge in [0.05, 0.1) is 9.62 Å². The van der Waals surface area contributed by atoms with Crippen LogP contribution in [0.2, 0.25) is 0 Å². The van der Waals surface area contributed by atoms with E-state index in [1.54, 1.807) is 5.38 Å². The Balaban J connectivity index is 2.87. The molecular formula is C8H3F2NO2S. The Kier molecular flexibility index (Phi) is 1.92. The molecule has 1 aromatic carbocycles. The van der Waals surface area contributed by atoms with Gasteiger partial charge in [0.2, 0.25) is 5.82 Å². The van der Waals surface area contributed by atoms with Crippen molar-refractivity contribution in [3.63, 3.8) is 0 Å². The highest BCUT2D eigenvalue weighted by Gasteiger charge is 2.21. The van der Waals surface area contributed by atoms with E-state index in [0.717, 1.165) is 17.4 Å². The molecule has 0 aliphatic rings. The van der Waals surface area contributed by atoms with Gasteiger partial charge in [0.15, 0.2) is 5.82 Å². The van der Waals surface area contributed by atoms with Gasteiger partial charge in [0, 0.05) is 11.5 Å². The molecule has 72 valence electrons. The molecule has 0 unspecified atom stereocenters. The fourth-order valence-corrected chi connectivity index (χ4v) is 1.97. The maximum Gasteiger partial charge on any atom is 0.308 e. The molecule has 0 atom stereocenters. The van der Waals surface area contributed by atoms with E-state index >= 15 is 0 Å². The second kappa shape index (κ2) is 2.98. The van der Waals surface area contributed by atoms with Crippen LogP contribution in [-0.2, 0) is 0 Å². The van der Waals surface area contributed by atoms with E-state index in [1.165, 1.54) is 6.07 Å². The molecule has 1 aromatic heterocycles. The summed E-state index contributed by atoms with van der Waals surface area (Å²) >= 11 is 1.01. The molecule has 0 fully saturated rings. The lowest BCUT2D eigenvalue weighted by Gasteiger charge is -1.96. The van der Waals surface area contributed by atoms with Crippen LogP contribution in [0.4, 0.5) is 14.5 Å². The van der Waals surface area contributed by atoms with Gasteiger partial charge in [-0.1, -0.05) is 0 Å². The van der Waals surface area contributed by atoms with Gasteiger partial charge in [-0.3, -0.25) is 10.1 Å². The van der Waals surface area contributed by atoms with Crippen molar-refractivity contribution in [2.45, 2.75) is 0 Å². The van der Waals surface area contributed by atoms with Crippen LogP contribution < -0.4 is 0 Å². The minimum atomic E-state index is -1.40. The van der Waals surface area contributed by atoms with Crippen molar-refractivity contribution in [1.29, 1.82) is 0 Å². The lowest BCUT2D eigenvalue weighted by Crippen LogP contribution is -1.95. The molecule has 0 saturated heterocycles. The third-order valence-electron chi connectivity index (χ3n) is 1.80. The van der Waals surface area contributed by atoms with E-state index in [4.69, 9.17) is 0 Å². The van der Waals surface area contributed by atoms with Crippen LogP contribution >= 0.6 is 11.3 Å². The fraction of sp³-hybridized carbons (Fsp3) is 0. The summed E-state index contributed by atoms with van der Waals surface area (Å²) in [5, 5.41) is 12.2. The van der Waals surface area contributed by atoms with E-state index in [-0.39, 0.29) is 4.70 Å². The normalized spacial score (nSPS) is 10.7. The van der Waals surface area contributed by atoms with Crippen molar-refractivity contribution in [1.82, 2.24) is 0 Å². The lowest BCUT2D eigenvalue weighted by molar-refractivity contribution is -0.387. The number of hydrogen-bond acceptors (Lipinski definition) is 3. The van der Waals surface area contributed by atoms with Crippen molar-refractivity contribution >= 4 is 27.1 Å². The Morgan fingerprint density at radius 3 is 2.71 bits per heavy atom. The monoisotopic (exact) mass is 215 g/mol. The highest BCUT2D eigenvalue weighted by atomic mass is 32.1. The van der Waals surface area contributed by atoms with Gasteiger partial charge in [-0.05, 0) is 11.4 Å². The minimum Gasteiger partial charge on any atom is -0.258 e. The summed E-state index contributed by atoms with van der Waals surface area (Å²) < 4.78 is 26.3. The van der Waals surface area contributed by atoms with Gasteiger partial charge in [-0.2, -0.15) is 4.39 Å². The number of hydrogen-bond donors (Lipinski definition) is 0. The van der Waals surface area contributed by atoms with Crippen molar-refractivity contribution in [3.05, 3.63) is 39.3 Å². The average Bonchev–Trinajstić information content (AvgIpc) is 2.58. The number of rotatable bonds is 1. The summed E-state index contributed by atoms with van der Waals surface area (Å²) in [6.07, 6.45) is 0. The predicted molar refractivity (Wildman–Crippen MR) is 48.4 cm³/mol. The maximum atomic E-state index is 13.2. The minimum absolute atomic E-state index is 0.105. The highest BCUT2D eigenvalue weighted by Crippen LogP contribution is 2.31. The van der Waals surface area contributed by atoms with Crippen LogP contribution in [0.5, 0.6) is 0 Å². The summed E-state index contributed by atoms with van der Waals surface area (Å²) in [5.74, 6) is -2.55. The molecule has 0 bridgehead atoms. The Morgan fingerprint density at radius 1 is 1.36 bits per heavy atom. The van der Waals surface area contributed by atoms with Crippen molar-refractivity contribution in [2.75, 3.05) is 0 Å². The molecule has 2 aromatic rings. The van der Waals surface area contributed by atoms with Crippen LogP contribution in [0.1, 0.15) is 0 Å². The van der Waals surface area contributed by atoms with Gasteiger partial charge >= 0.3 is 5.69 Å². The summed E-state index contributed by atoms with van der Waals surface area (Å²) in [6, 6.07) is 2.54. The highest BCUT2D eigenvalue weighted by molar-refractivity contribution is 7.17. The van der Waals surface area contributed by atoms with E-state index in [2.05, 4.69) is 0 Å². The predicted octanol–water partition coefficient (Wildman–Crippen LogP) is 3.09. The zero-order chi connectivity index (χ0) is 10.3. The van der Waals surface area contributed by atoms with Gasteiger partial charge in [0.1, 0.15) is 0 Å². The van der Waals surface area contributed by atoms with E-state index in [0.29, 0.717) is 5.39 Å². The Labute approximate surface area is 80.7 Å². The van der Waals surface area contributed by atoms with E-state index in [9.17, 15) is 18.9 Å². The molecule has 0 aliphatic carbocycles. The fourth-order valence-electron chi connectivity index (χ4n) is 1.17. The maximum absolute atomic E-state index is 13.2. The molecule has 0 aliphatic heterocycles. The number of nitrogens with zero attached hydrogens (tertiary/aromatic N) is 1. The summed E-state index contributed by atoms with van der Waals surface area (Å²) in [4.78, 5) is 9.41. The third-order valence-corrected chi connectivity index (χ3v) is 2.72. The van der Waals surface area contributed by atoms with Crippen LogP contribution in [0.15, 0.2) is 17.5 Å². The summed E-state index contributed by atoms with van der Waals surface area (Å²) in [7, 11) is 0. The van der Waals surface area contributed by atoms with E-state index < -0.39 is 22.2 Å². The molecule has 0 saturated carbocycles. The summed E-state index contributed by atoms with van der Waals surface area (Å²) in [5.41, 5.74) is -0.826. The first-order chi connectivity index (χ1) is 6.61. The Morgan fingerprint density at radius 2 is 2.07 bits per heavy atom. The number of nitro groups is 1. The van der Waals surface area contributed by atoms with Gasteiger partial charge < -0.3 is 0 Å². The Hall–Kier alpha value is -1.56. The number of benzene rings is 1. The Bertz CT molecular complexity index is 523. The topological polar surface area (TPSA) is 43.1 Å². The molecule has 0 amide bonds. The molecule has 14 heavy (non-hydrogen) atoms. The first-order valence-electron chi connectivity index (χ1n) is 3.61. The quantitative estimate of drug-likeness (QED) is 0.542. The molecule has 0 spiro atoms. The first-order valence-corrected chi connectivity index (χ1v) is 4.49. The smallest absolute Gasteiger partial charge is 0.258 e.